The molecule has 0 saturated heterocycles. The zero-order valence-corrected chi connectivity index (χ0v) is 22.8. The molecule has 2 atom stereocenters. The highest BCUT2D eigenvalue weighted by atomic mass is 79.9. The molecule has 0 bridgehead atoms. The minimum atomic E-state index is -1.31. The molecule has 1 aliphatic heterocycles. The van der Waals surface area contributed by atoms with Crippen LogP contribution in [-0.4, -0.2) is 37.3 Å². The Morgan fingerprint density at radius 3 is 2.64 bits per heavy atom. The predicted molar refractivity (Wildman–Crippen MR) is 142 cm³/mol. The van der Waals surface area contributed by atoms with Crippen molar-refractivity contribution in [3.63, 3.8) is 0 Å². The Morgan fingerprint density at radius 1 is 1.28 bits per heavy atom. The molecule has 188 valence electrons. The van der Waals surface area contributed by atoms with Crippen molar-refractivity contribution in [2.45, 2.75) is 19.8 Å². The number of thioether (sulfide) groups is 1. The van der Waals surface area contributed by atoms with Gasteiger partial charge in [-0.25, -0.2) is 0 Å². The van der Waals surface area contributed by atoms with E-state index < -0.39 is 23.7 Å². The monoisotopic (exact) mass is 591 g/mol. The van der Waals surface area contributed by atoms with Crippen LogP contribution in [0, 0.1) is 24.2 Å². The molecular formula is C25H23BrClN3O5S. The van der Waals surface area contributed by atoms with Gasteiger partial charge in [0.2, 0.25) is 11.8 Å². The summed E-state index contributed by atoms with van der Waals surface area (Å²) in [6, 6.07) is 12.5. The number of nitrogens with one attached hydrogen (secondary N) is 2. The van der Waals surface area contributed by atoms with E-state index in [4.69, 9.17) is 21.1 Å². The van der Waals surface area contributed by atoms with E-state index in [-0.39, 0.29) is 27.3 Å². The van der Waals surface area contributed by atoms with Crippen molar-refractivity contribution < 1.29 is 23.9 Å². The zero-order valence-electron chi connectivity index (χ0n) is 19.7. The molecule has 0 unspecified atom stereocenters. The van der Waals surface area contributed by atoms with Crippen LogP contribution in [0.25, 0.3) is 0 Å². The molecule has 0 aromatic heterocycles. The number of methoxy groups -OCH3 is 1. The molecular weight excluding hydrogens is 570 g/mol. The molecule has 2 N–H and O–H groups in total. The second-order valence-corrected chi connectivity index (χ2v) is 10.0. The van der Waals surface area contributed by atoms with E-state index in [0.29, 0.717) is 23.6 Å². The summed E-state index contributed by atoms with van der Waals surface area (Å²) >= 11 is 10.8. The highest BCUT2D eigenvalue weighted by Crippen LogP contribution is 2.42. The van der Waals surface area contributed by atoms with Crippen molar-refractivity contribution >= 4 is 62.8 Å². The van der Waals surface area contributed by atoms with Gasteiger partial charge in [0.05, 0.1) is 46.9 Å². The van der Waals surface area contributed by atoms with Crippen molar-refractivity contribution in [2.75, 3.05) is 24.8 Å². The van der Waals surface area contributed by atoms with Crippen molar-refractivity contribution in [1.29, 1.82) is 5.26 Å². The summed E-state index contributed by atoms with van der Waals surface area (Å²) in [5, 5.41) is 15.9. The van der Waals surface area contributed by atoms with Crippen LogP contribution < -0.4 is 15.4 Å². The Labute approximate surface area is 226 Å². The second kappa shape index (κ2) is 12.3. The number of carbonyl (C=O) groups is 3. The standard InChI is InChI=1S/C25H23BrClN3O5S/c1-4-35-19-8-6-14(10-17(19)27)21-15(11-28)24(30-23(32)22(21)25(33)34-3)36-12-20(31)29-18-7-5-13(2)9-16(18)26/h5-10,21-22H,4,12H2,1-3H3,(H,29,31)(H,30,32)/t21-,22-/m1/s1. The van der Waals surface area contributed by atoms with Gasteiger partial charge in [0.15, 0.2) is 0 Å². The number of esters is 1. The maximum absolute atomic E-state index is 13.0. The first-order chi connectivity index (χ1) is 17.2. The minimum absolute atomic E-state index is 0.0826. The van der Waals surface area contributed by atoms with E-state index in [2.05, 4.69) is 32.6 Å². The van der Waals surface area contributed by atoms with E-state index >= 15 is 0 Å². The normalized spacial score (nSPS) is 17.2. The van der Waals surface area contributed by atoms with Gasteiger partial charge in [-0.2, -0.15) is 5.26 Å². The lowest BCUT2D eigenvalue weighted by molar-refractivity contribution is -0.150. The third-order valence-corrected chi connectivity index (χ3v) is 7.31. The summed E-state index contributed by atoms with van der Waals surface area (Å²) in [7, 11) is 1.17. The molecule has 3 rings (SSSR count). The summed E-state index contributed by atoms with van der Waals surface area (Å²) in [5.74, 6) is -3.67. The van der Waals surface area contributed by atoms with Crippen LogP contribution in [0.1, 0.15) is 24.0 Å². The quantitative estimate of drug-likeness (QED) is 0.330. The summed E-state index contributed by atoms with van der Waals surface area (Å²) in [6.45, 7) is 4.15. The second-order valence-electron chi connectivity index (χ2n) is 7.77. The van der Waals surface area contributed by atoms with Crippen molar-refractivity contribution in [2.24, 2.45) is 5.92 Å². The molecule has 2 aromatic carbocycles. The molecule has 0 radical (unpaired) electrons. The lowest BCUT2D eigenvalue weighted by atomic mass is 9.78. The number of halogens is 2. The Hall–Kier alpha value is -3.00. The van der Waals surface area contributed by atoms with E-state index in [1.165, 1.54) is 7.11 Å². The summed E-state index contributed by atoms with van der Waals surface area (Å²) in [5.41, 5.74) is 2.22. The molecule has 2 aromatic rings. The molecule has 0 aliphatic carbocycles. The van der Waals surface area contributed by atoms with Gasteiger partial charge in [-0.15, -0.1) is 0 Å². The highest BCUT2D eigenvalue weighted by Gasteiger charge is 2.44. The van der Waals surface area contributed by atoms with Crippen LogP contribution in [0.3, 0.4) is 0 Å². The summed E-state index contributed by atoms with van der Waals surface area (Å²) in [6.07, 6.45) is 0. The predicted octanol–water partition coefficient (Wildman–Crippen LogP) is 4.92. The van der Waals surface area contributed by atoms with E-state index in [9.17, 15) is 19.6 Å². The average Bonchev–Trinajstić information content (AvgIpc) is 2.84. The first-order valence-corrected chi connectivity index (χ1v) is 13.0. The molecule has 0 fully saturated rings. The SMILES string of the molecule is CCOc1ccc([C@@H]2C(C#N)=C(SCC(=O)Nc3ccc(C)cc3Br)NC(=O)[C@@H]2C(=O)OC)cc1Cl. The van der Waals surface area contributed by atoms with Gasteiger partial charge in [0.1, 0.15) is 11.7 Å². The number of ether oxygens (including phenoxy) is 2. The van der Waals surface area contributed by atoms with Crippen LogP contribution in [-0.2, 0) is 19.1 Å². The molecule has 36 heavy (non-hydrogen) atoms. The Balaban J connectivity index is 1.92. The number of hydrogen-bond acceptors (Lipinski definition) is 7. The Morgan fingerprint density at radius 2 is 2.03 bits per heavy atom. The van der Waals surface area contributed by atoms with Crippen molar-refractivity contribution in [3.8, 4) is 11.8 Å². The molecule has 8 nitrogen and oxygen atoms in total. The molecule has 0 saturated carbocycles. The summed E-state index contributed by atoms with van der Waals surface area (Å²) < 4.78 is 11.1. The average molecular weight is 593 g/mol. The fraction of sp³-hybridized carbons (Fsp3) is 0.280. The maximum Gasteiger partial charge on any atom is 0.319 e. The smallest absolute Gasteiger partial charge is 0.319 e. The largest absolute Gasteiger partial charge is 0.492 e. The number of aryl methyl sites for hydroxylation is 1. The van der Waals surface area contributed by atoms with Gasteiger partial charge >= 0.3 is 5.97 Å². The Kier molecular flexibility index (Phi) is 9.43. The zero-order chi connectivity index (χ0) is 26.4. The topological polar surface area (TPSA) is 118 Å². The lowest BCUT2D eigenvalue weighted by Gasteiger charge is -2.31. The number of allylic oxidation sites excluding steroid dienone is 1. The number of nitriles is 1. The van der Waals surface area contributed by atoms with E-state index in [1.807, 2.05) is 26.0 Å². The number of nitrogens with zero attached hydrogens (tertiary/aromatic N) is 1. The highest BCUT2D eigenvalue weighted by molar-refractivity contribution is 9.10. The van der Waals surface area contributed by atoms with Crippen LogP contribution in [0.15, 0.2) is 51.5 Å². The molecule has 2 amide bonds. The number of amides is 2. The van der Waals surface area contributed by atoms with Crippen LogP contribution in [0.2, 0.25) is 5.02 Å². The molecule has 1 heterocycles. The van der Waals surface area contributed by atoms with E-state index in [1.54, 1.807) is 24.3 Å². The number of benzene rings is 2. The molecule has 0 spiro atoms. The van der Waals surface area contributed by atoms with Crippen LogP contribution in [0.5, 0.6) is 5.75 Å². The maximum atomic E-state index is 13.0. The van der Waals surface area contributed by atoms with Gasteiger partial charge in [-0.3, -0.25) is 14.4 Å². The van der Waals surface area contributed by atoms with Gasteiger partial charge < -0.3 is 20.1 Å². The number of anilines is 1. The first kappa shape index (κ1) is 27.6. The minimum Gasteiger partial charge on any atom is -0.492 e. The van der Waals surface area contributed by atoms with E-state index in [0.717, 1.165) is 21.8 Å². The Bertz CT molecular complexity index is 1280. The van der Waals surface area contributed by atoms with Crippen LogP contribution >= 0.6 is 39.3 Å². The summed E-state index contributed by atoms with van der Waals surface area (Å²) in [4.78, 5) is 38.2. The fourth-order valence-electron chi connectivity index (χ4n) is 3.71. The molecule has 1 aliphatic rings. The van der Waals surface area contributed by atoms with Crippen molar-refractivity contribution in [1.82, 2.24) is 5.32 Å². The van der Waals surface area contributed by atoms with Gasteiger partial charge in [0.25, 0.3) is 0 Å². The van der Waals surface area contributed by atoms with Crippen LogP contribution in [0.4, 0.5) is 5.69 Å². The number of carbonyl (C=O) groups excluding carboxylic acids is 3. The number of rotatable bonds is 8. The fourth-order valence-corrected chi connectivity index (χ4v) is 5.39. The van der Waals surface area contributed by atoms with Gasteiger partial charge in [0, 0.05) is 10.4 Å². The third kappa shape index (κ3) is 6.22. The van der Waals surface area contributed by atoms with Gasteiger partial charge in [-0.05, 0) is 65.2 Å². The molecule has 11 heteroatoms. The number of hydrogen-bond donors (Lipinski definition) is 2. The van der Waals surface area contributed by atoms with Crippen molar-refractivity contribution in [3.05, 3.63) is 67.6 Å². The lowest BCUT2D eigenvalue weighted by Crippen LogP contribution is -2.44. The first-order valence-electron chi connectivity index (χ1n) is 10.8. The third-order valence-electron chi connectivity index (χ3n) is 5.34. The van der Waals surface area contributed by atoms with Gasteiger partial charge in [-0.1, -0.05) is 35.5 Å².